The Morgan fingerprint density at radius 1 is 1.37 bits per heavy atom. The quantitative estimate of drug-likeness (QED) is 0.679. The predicted molar refractivity (Wildman–Crippen MR) is 89.3 cm³/mol. The van der Waals surface area contributed by atoms with Crippen molar-refractivity contribution < 1.29 is 22.9 Å². The third kappa shape index (κ3) is 3.53. The summed E-state index contributed by atoms with van der Waals surface area (Å²) in [5.74, 6) is 0.858. The topological polar surface area (TPSA) is 94.5 Å². The molecule has 0 aliphatic carbocycles. The molecule has 0 spiro atoms. The van der Waals surface area contributed by atoms with Gasteiger partial charge in [0, 0.05) is 6.54 Å². The first-order chi connectivity index (χ1) is 13.1. The number of nitrogens with zero attached hydrogens (tertiary/aromatic N) is 4. The van der Waals surface area contributed by atoms with Crippen LogP contribution >= 0.6 is 0 Å². The van der Waals surface area contributed by atoms with Crippen LogP contribution in [0.1, 0.15) is 46.8 Å². The highest BCUT2D eigenvalue weighted by Gasteiger charge is 2.35. The predicted octanol–water partition coefficient (Wildman–Crippen LogP) is 3.06. The number of carbonyl (C=O) groups is 1. The van der Waals surface area contributed by atoms with Gasteiger partial charge in [-0.1, -0.05) is 5.16 Å². The van der Waals surface area contributed by atoms with Gasteiger partial charge >= 0.3 is 0 Å². The molecule has 4 rings (SSSR count). The van der Waals surface area contributed by atoms with Crippen molar-refractivity contribution in [2.75, 3.05) is 6.54 Å². The van der Waals surface area contributed by atoms with Gasteiger partial charge in [0.15, 0.2) is 18.8 Å². The molecule has 0 radical (unpaired) electrons. The van der Waals surface area contributed by atoms with Gasteiger partial charge in [0.25, 0.3) is 11.8 Å². The smallest absolute Gasteiger partial charge is 0.292 e. The van der Waals surface area contributed by atoms with Crippen molar-refractivity contribution in [3.8, 4) is 5.75 Å². The van der Waals surface area contributed by atoms with Crippen LogP contribution in [-0.4, -0.2) is 32.5 Å². The Morgan fingerprint density at radius 2 is 2.19 bits per heavy atom. The molecule has 0 bridgehead atoms. The van der Waals surface area contributed by atoms with E-state index in [4.69, 9.17) is 13.7 Å². The summed E-state index contributed by atoms with van der Waals surface area (Å²) in [6.45, 7) is 2.36. The molecule has 27 heavy (non-hydrogen) atoms. The molecule has 1 amide bonds. The third-order valence-corrected chi connectivity index (χ3v) is 4.41. The molecule has 1 saturated heterocycles. The van der Waals surface area contributed by atoms with Crippen LogP contribution in [0.3, 0.4) is 0 Å². The van der Waals surface area contributed by atoms with E-state index in [2.05, 4.69) is 15.1 Å². The van der Waals surface area contributed by atoms with Crippen LogP contribution in [0.15, 0.2) is 39.6 Å². The molecule has 1 aromatic carbocycles. The molecule has 1 aliphatic heterocycles. The number of ether oxygens (including phenoxy) is 1. The second-order valence-corrected chi connectivity index (χ2v) is 6.21. The van der Waals surface area contributed by atoms with Crippen molar-refractivity contribution in [1.82, 2.24) is 20.0 Å². The van der Waals surface area contributed by atoms with Gasteiger partial charge in [0.1, 0.15) is 11.6 Å². The first-order valence-corrected chi connectivity index (χ1v) is 8.53. The molecule has 1 fully saturated rings. The molecule has 1 atom stereocenters. The monoisotopic (exact) mass is 372 g/mol. The number of likely N-dealkylation sites (tertiary alicyclic amines) is 1. The highest BCUT2D eigenvalue weighted by Crippen LogP contribution is 2.32. The molecule has 140 valence electrons. The number of benzene rings is 1. The van der Waals surface area contributed by atoms with Crippen LogP contribution in [0.4, 0.5) is 4.39 Å². The van der Waals surface area contributed by atoms with E-state index in [-0.39, 0.29) is 36.0 Å². The fraction of sp³-hybridized carbons (Fsp3) is 0.333. The zero-order chi connectivity index (χ0) is 18.8. The van der Waals surface area contributed by atoms with Gasteiger partial charge in [-0.25, -0.2) is 9.37 Å². The molecule has 3 heterocycles. The van der Waals surface area contributed by atoms with Crippen molar-refractivity contribution in [2.45, 2.75) is 32.4 Å². The van der Waals surface area contributed by atoms with Crippen molar-refractivity contribution in [3.63, 3.8) is 0 Å². The van der Waals surface area contributed by atoms with E-state index in [9.17, 15) is 9.18 Å². The average Bonchev–Trinajstić information content (AvgIpc) is 3.41. The van der Waals surface area contributed by atoms with Crippen molar-refractivity contribution in [2.24, 2.45) is 0 Å². The first kappa shape index (κ1) is 17.2. The summed E-state index contributed by atoms with van der Waals surface area (Å²) in [7, 11) is 0. The van der Waals surface area contributed by atoms with E-state index in [1.165, 1.54) is 30.7 Å². The van der Waals surface area contributed by atoms with E-state index in [1.54, 1.807) is 11.8 Å². The number of carbonyl (C=O) groups excluding carboxylic acids is 1. The van der Waals surface area contributed by atoms with E-state index in [1.807, 2.05) is 0 Å². The minimum atomic E-state index is -0.338. The number of aryl methyl sites for hydroxylation is 1. The van der Waals surface area contributed by atoms with E-state index < -0.39 is 0 Å². The Labute approximate surface area is 153 Å². The van der Waals surface area contributed by atoms with Crippen LogP contribution in [0, 0.1) is 12.7 Å². The van der Waals surface area contributed by atoms with E-state index in [0.717, 1.165) is 12.8 Å². The summed E-state index contributed by atoms with van der Waals surface area (Å²) in [6, 6.07) is 5.36. The lowest BCUT2D eigenvalue weighted by Crippen LogP contribution is -2.31. The van der Waals surface area contributed by atoms with Crippen LogP contribution in [0.2, 0.25) is 0 Å². The van der Waals surface area contributed by atoms with Gasteiger partial charge in [0.05, 0.1) is 11.7 Å². The molecule has 2 aromatic heterocycles. The van der Waals surface area contributed by atoms with Crippen LogP contribution in [0.5, 0.6) is 5.75 Å². The Morgan fingerprint density at radius 3 is 2.93 bits per heavy atom. The zero-order valence-corrected chi connectivity index (χ0v) is 14.6. The minimum Gasteiger partial charge on any atom is -0.484 e. The van der Waals surface area contributed by atoms with Crippen LogP contribution in [-0.2, 0) is 6.61 Å². The molecular formula is C18H17FN4O4. The number of halogens is 1. The summed E-state index contributed by atoms with van der Waals surface area (Å²) >= 11 is 0. The number of aromatic nitrogens is 3. The minimum absolute atomic E-state index is 0.0561. The summed E-state index contributed by atoms with van der Waals surface area (Å²) in [4.78, 5) is 22.7. The number of rotatable bonds is 5. The number of amides is 1. The standard InChI is InChI=1S/C18H17FN4O4/c1-11-16(26-10-20-11)18(24)23-8-2-3-14(23)17-21-15(27-22-17)9-25-13-6-4-12(19)5-7-13/h4-7,10,14H,2-3,8-9H2,1H3. The van der Waals surface area contributed by atoms with E-state index >= 15 is 0 Å². The van der Waals surface area contributed by atoms with Gasteiger partial charge in [-0.05, 0) is 44.0 Å². The summed E-state index contributed by atoms with van der Waals surface area (Å²) in [6.07, 6.45) is 2.82. The lowest BCUT2D eigenvalue weighted by molar-refractivity contribution is 0.0695. The van der Waals surface area contributed by atoms with Crippen LogP contribution in [0.25, 0.3) is 0 Å². The molecule has 0 saturated carbocycles. The van der Waals surface area contributed by atoms with Gasteiger partial charge in [-0.15, -0.1) is 0 Å². The SMILES string of the molecule is Cc1ncoc1C(=O)N1CCCC1c1noc(COc2ccc(F)cc2)n1. The first-order valence-electron chi connectivity index (χ1n) is 8.53. The number of hydrogen-bond donors (Lipinski definition) is 0. The normalized spacial score (nSPS) is 16.7. The van der Waals surface area contributed by atoms with E-state index in [0.29, 0.717) is 23.8 Å². The molecule has 1 unspecified atom stereocenters. The maximum atomic E-state index is 12.9. The number of oxazole rings is 1. The molecule has 3 aromatic rings. The van der Waals surface area contributed by atoms with Crippen molar-refractivity contribution in [3.05, 3.63) is 59.6 Å². The Bertz CT molecular complexity index is 937. The number of hydrogen-bond acceptors (Lipinski definition) is 7. The van der Waals surface area contributed by atoms with Crippen LogP contribution < -0.4 is 4.74 Å². The largest absolute Gasteiger partial charge is 0.484 e. The molecule has 8 nitrogen and oxygen atoms in total. The van der Waals surface area contributed by atoms with Gasteiger partial charge in [0.2, 0.25) is 5.76 Å². The molecule has 0 N–H and O–H groups in total. The highest BCUT2D eigenvalue weighted by molar-refractivity contribution is 5.92. The summed E-state index contributed by atoms with van der Waals surface area (Å²) < 4.78 is 28.9. The van der Waals surface area contributed by atoms with Gasteiger partial charge < -0.3 is 18.6 Å². The second kappa shape index (κ2) is 7.18. The zero-order valence-electron chi connectivity index (χ0n) is 14.6. The maximum Gasteiger partial charge on any atom is 0.292 e. The lowest BCUT2D eigenvalue weighted by Gasteiger charge is -2.21. The molecule has 1 aliphatic rings. The molecular weight excluding hydrogens is 355 g/mol. The fourth-order valence-electron chi connectivity index (χ4n) is 3.05. The highest BCUT2D eigenvalue weighted by atomic mass is 19.1. The van der Waals surface area contributed by atoms with Crippen molar-refractivity contribution in [1.29, 1.82) is 0 Å². The Kier molecular flexibility index (Phi) is 4.57. The summed E-state index contributed by atoms with van der Waals surface area (Å²) in [5.41, 5.74) is 0.548. The fourth-order valence-corrected chi connectivity index (χ4v) is 3.05. The van der Waals surface area contributed by atoms with Crippen molar-refractivity contribution >= 4 is 5.91 Å². The average molecular weight is 372 g/mol. The summed E-state index contributed by atoms with van der Waals surface area (Å²) in [5, 5.41) is 3.99. The van der Waals surface area contributed by atoms with Gasteiger partial charge in [-0.2, -0.15) is 4.98 Å². The Balaban J connectivity index is 1.44. The Hall–Kier alpha value is -3.23. The third-order valence-electron chi connectivity index (χ3n) is 4.41. The second-order valence-electron chi connectivity index (χ2n) is 6.21. The maximum absolute atomic E-state index is 12.9. The van der Waals surface area contributed by atoms with Gasteiger partial charge in [-0.3, -0.25) is 4.79 Å². The molecule has 9 heteroatoms. The lowest BCUT2D eigenvalue weighted by atomic mass is 10.2.